The summed E-state index contributed by atoms with van der Waals surface area (Å²) in [6.07, 6.45) is -3.28. The monoisotopic (exact) mass is 582 g/mol. The zero-order valence-electron chi connectivity index (χ0n) is 23.1. The maximum atomic E-state index is 15.0. The van der Waals surface area contributed by atoms with Crippen molar-refractivity contribution >= 4 is 39.2 Å². The summed E-state index contributed by atoms with van der Waals surface area (Å²) in [7, 11) is 0. The summed E-state index contributed by atoms with van der Waals surface area (Å²) in [5.74, 6) is -0.870. The average molecular weight is 583 g/mol. The average Bonchev–Trinajstić information content (AvgIpc) is 3.23. The molecule has 7 rings (SSSR count). The number of rotatable bonds is 3. The number of piperidine rings is 2. The largest absolute Gasteiger partial charge is 0.444 e. The maximum absolute atomic E-state index is 15.0. The van der Waals surface area contributed by atoms with E-state index in [2.05, 4.69) is 4.98 Å². The molecule has 5 aliphatic rings. The number of hydrogen-bond acceptors (Lipinski definition) is 6. The number of hydrogen-bond donors (Lipinski definition) is 0. The Bertz CT molecular complexity index is 1340. The van der Waals surface area contributed by atoms with Crippen LogP contribution in [0.2, 0.25) is 0 Å². The van der Waals surface area contributed by atoms with Crippen molar-refractivity contribution in [3.63, 3.8) is 0 Å². The van der Waals surface area contributed by atoms with Crippen molar-refractivity contribution in [2.24, 2.45) is 11.3 Å². The summed E-state index contributed by atoms with van der Waals surface area (Å²) in [6.45, 7) is 8.73. The summed E-state index contributed by atoms with van der Waals surface area (Å²) in [4.78, 5) is 37.3. The first-order valence-electron chi connectivity index (χ1n) is 13.9. The molecule has 2 aromatic heterocycles. The third kappa shape index (κ3) is 4.50. The molecule has 2 amide bonds. The highest BCUT2D eigenvalue weighted by molar-refractivity contribution is 7.18. The standard InChI is InChI=1S/C28H34F4N4O3S/c1-5-16-9-18-21(19(28(30,31)32)10-33-23(18)40-16)34-11-27(12-34)13-35(14-27)24(37)22-17-7-6-15(8-20(17)29)36(22)25(38)39-26(2,3)4/h9-10,15,17,20,22H,5-8,11-14H2,1-4H3/t15-,17+,20-,22-/m0/s1. The van der Waals surface area contributed by atoms with E-state index in [9.17, 15) is 27.2 Å². The third-order valence-corrected chi connectivity index (χ3v) is 9.91. The van der Waals surface area contributed by atoms with Gasteiger partial charge in [-0.1, -0.05) is 6.92 Å². The zero-order valence-corrected chi connectivity index (χ0v) is 23.9. The lowest BCUT2D eigenvalue weighted by Crippen LogP contribution is -2.76. The molecule has 6 heterocycles. The lowest BCUT2D eigenvalue weighted by atomic mass is 9.69. The Labute approximate surface area is 234 Å². The second-order valence-electron chi connectivity index (χ2n) is 12.8. The third-order valence-electron chi connectivity index (χ3n) is 8.72. The molecule has 0 N–H and O–H groups in total. The molecule has 1 saturated carbocycles. The Morgan fingerprint density at radius 1 is 1.15 bits per heavy atom. The Morgan fingerprint density at radius 3 is 2.45 bits per heavy atom. The van der Waals surface area contributed by atoms with Gasteiger partial charge in [0.15, 0.2) is 0 Å². The molecule has 4 atom stereocenters. The SMILES string of the molecule is CCc1cc2c(N3CC4(CN(C(=O)[C@@H]5[C@@H]6CC[C@@H](C[C@@H]6F)N5C(=O)OC(C)(C)C)C4)C3)c(C(F)(F)F)cnc2s1. The summed E-state index contributed by atoms with van der Waals surface area (Å²) in [5, 5.41) is 0.513. The van der Waals surface area contributed by atoms with Crippen LogP contribution in [0, 0.1) is 11.3 Å². The second-order valence-corrected chi connectivity index (χ2v) is 13.9. The zero-order chi connectivity index (χ0) is 28.8. The number of likely N-dealkylation sites (tertiary alicyclic amines) is 1. The lowest BCUT2D eigenvalue weighted by molar-refractivity contribution is -0.163. The molecule has 4 aliphatic heterocycles. The first-order valence-corrected chi connectivity index (χ1v) is 14.7. The molecular weight excluding hydrogens is 548 g/mol. The van der Waals surface area contributed by atoms with Gasteiger partial charge in [-0.3, -0.25) is 9.69 Å². The van der Waals surface area contributed by atoms with Crippen LogP contribution in [0.1, 0.15) is 57.4 Å². The highest BCUT2D eigenvalue weighted by Gasteiger charge is 2.59. The van der Waals surface area contributed by atoms with E-state index in [4.69, 9.17) is 4.74 Å². The van der Waals surface area contributed by atoms with Crippen molar-refractivity contribution in [2.45, 2.75) is 83.4 Å². The van der Waals surface area contributed by atoms with E-state index in [1.165, 1.54) is 16.2 Å². The van der Waals surface area contributed by atoms with Crippen LogP contribution in [0.15, 0.2) is 12.3 Å². The molecular formula is C28H34F4N4O3S. The number of aryl methyl sites for hydroxylation is 1. The highest BCUT2D eigenvalue weighted by atomic mass is 32.1. The molecule has 5 fully saturated rings. The number of aromatic nitrogens is 1. The van der Waals surface area contributed by atoms with E-state index in [0.29, 0.717) is 55.7 Å². The van der Waals surface area contributed by atoms with Crippen molar-refractivity contribution in [3.05, 3.63) is 22.7 Å². The molecule has 1 spiro atoms. The van der Waals surface area contributed by atoms with Gasteiger partial charge < -0.3 is 14.5 Å². The van der Waals surface area contributed by atoms with Gasteiger partial charge in [-0.05, 0) is 52.5 Å². The first kappa shape index (κ1) is 27.5. The molecule has 2 aromatic rings. The van der Waals surface area contributed by atoms with Crippen LogP contribution in [0.25, 0.3) is 10.2 Å². The quantitative estimate of drug-likeness (QED) is 0.438. The first-order chi connectivity index (χ1) is 18.7. The maximum Gasteiger partial charge on any atom is 0.419 e. The van der Waals surface area contributed by atoms with Gasteiger partial charge in [0.25, 0.3) is 0 Å². The minimum Gasteiger partial charge on any atom is -0.444 e. The number of carbonyl (C=O) groups excluding carboxylic acids is 2. The highest BCUT2D eigenvalue weighted by Crippen LogP contribution is 2.50. The number of thiophene rings is 1. The van der Waals surface area contributed by atoms with Gasteiger partial charge in [0.05, 0.1) is 11.3 Å². The van der Waals surface area contributed by atoms with Gasteiger partial charge in [-0.15, -0.1) is 11.3 Å². The van der Waals surface area contributed by atoms with E-state index >= 15 is 0 Å². The molecule has 4 saturated heterocycles. The van der Waals surface area contributed by atoms with Gasteiger partial charge in [-0.2, -0.15) is 13.2 Å². The Balaban J connectivity index is 1.19. The second kappa shape index (κ2) is 9.19. The molecule has 0 aromatic carbocycles. The number of halogens is 4. The van der Waals surface area contributed by atoms with Crippen LogP contribution in [-0.2, 0) is 22.1 Å². The number of amides is 2. The molecule has 1 aliphatic carbocycles. The van der Waals surface area contributed by atoms with E-state index in [-0.39, 0.29) is 29.5 Å². The van der Waals surface area contributed by atoms with Crippen LogP contribution < -0.4 is 4.90 Å². The molecule has 2 bridgehead atoms. The van der Waals surface area contributed by atoms with Gasteiger partial charge in [-0.25, -0.2) is 14.2 Å². The smallest absolute Gasteiger partial charge is 0.419 e. The molecule has 218 valence electrons. The Morgan fingerprint density at radius 2 is 1.85 bits per heavy atom. The summed E-state index contributed by atoms with van der Waals surface area (Å²) < 4.78 is 62.4. The van der Waals surface area contributed by atoms with Gasteiger partial charge >= 0.3 is 12.3 Å². The fraction of sp³-hybridized carbons (Fsp3) is 0.679. The molecule has 12 heteroatoms. The van der Waals surface area contributed by atoms with Crippen molar-refractivity contribution < 1.29 is 31.9 Å². The minimum absolute atomic E-state index is 0.157. The number of nitrogens with zero attached hydrogens (tertiary/aromatic N) is 4. The molecule has 40 heavy (non-hydrogen) atoms. The van der Waals surface area contributed by atoms with E-state index in [0.717, 1.165) is 11.1 Å². The van der Waals surface area contributed by atoms with Crippen molar-refractivity contribution in [1.82, 2.24) is 14.8 Å². The van der Waals surface area contributed by atoms with E-state index < -0.39 is 41.6 Å². The van der Waals surface area contributed by atoms with Crippen LogP contribution in [-0.4, -0.2) is 76.8 Å². The Hall–Kier alpha value is -2.63. The lowest BCUT2D eigenvalue weighted by Gasteiger charge is -2.62. The van der Waals surface area contributed by atoms with Gasteiger partial charge in [0.2, 0.25) is 5.91 Å². The number of alkyl halides is 4. The fourth-order valence-corrected chi connectivity index (χ4v) is 7.96. The number of fused-ring (bicyclic) bond motifs is 4. The van der Waals surface area contributed by atoms with Crippen LogP contribution in [0.5, 0.6) is 0 Å². The predicted octanol–water partition coefficient (Wildman–Crippen LogP) is 5.65. The van der Waals surface area contributed by atoms with Crippen molar-refractivity contribution in [2.75, 3.05) is 31.1 Å². The molecule has 0 unspecified atom stereocenters. The fourth-order valence-electron chi connectivity index (χ4n) is 7.02. The van der Waals surface area contributed by atoms with E-state index in [1.54, 1.807) is 36.6 Å². The molecule has 0 radical (unpaired) electrons. The van der Waals surface area contributed by atoms with Crippen molar-refractivity contribution in [1.29, 1.82) is 0 Å². The number of carbonyl (C=O) groups is 2. The Kier molecular flexibility index (Phi) is 6.33. The van der Waals surface area contributed by atoms with Gasteiger partial charge in [0, 0.05) is 60.0 Å². The summed E-state index contributed by atoms with van der Waals surface area (Å²) in [5.41, 5.74) is -1.66. The van der Waals surface area contributed by atoms with Crippen molar-refractivity contribution in [3.8, 4) is 0 Å². The van der Waals surface area contributed by atoms with Crippen LogP contribution in [0.4, 0.5) is 28.0 Å². The summed E-state index contributed by atoms with van der Waals surface area (Å²) in [6, 6.07) is 0.503. The summed E-state index contributed by atoms with van der Waals surface area (Å²) >= 11 is 1.40. The predicted molar refractivity (Wildman–Crippen MR) is 143 cm³/mol. The topological polar surface area (TPSA) is 66.0 Å². The number of pyridine rings is 1. The molecule has 7 nitrogen and oxygen atoms in total. The van der Waals surface area contributed by atoms with Gasteiger partial charge in [0.1, 0.15) is 22.6 Å². The minimum atomic E-state index is -4.54. The number of anilines is 1. The van der Waals surface area contributed by atoms with Crippen LogP contribution >= 0.6 is 11.3 Å². The van der Waals surface area contributed by atoms with E-state index in [1.807, 2.05) is 6.92 Å². The van der Waals surface area contributed by atoms with Crippen LogP contribution in [0.3, 0.4) is 0 Å². The normalized spacial score (nSPS) is 27.6. The number of ether oxygens (including phenoxy) is 1.